The van der Waals surface area contributed by atoms with Crippen LogP contribution in [0, 0.1) is 0 Å². The Morgan fingerprint density at radius 2 is 1.90 bits per heavy atom. The highest BCUT2D eigenvalue weighted by Crippen LogP contribution is 2.29. The second-order valence-corrected chi connectivity index (χ2v) is 4.96. The van der Waals surface area contributed by atoms with Crippen molar-refractivity contribution < 1.29 is 9.53 Å². The van der Waals surface area contributed by atoms with E-state index in [1.807, 2.05) is 30.3 Å². The van der Waals surface area contributed by atoms with Gasteiger partial charge in [-0.15, -0.1) is 0 Å². The van der Waals surface area contributed by atoms with E-state index in [2.05, 4.69) is 4.98 Å². The third-order valence-corrected chi connectivity index (χ3v) is 3.51. The lowest BCUT2D eigenvalue weighted by Crippen LogP contribution is -2.00. The van der Waals surface area contributed by atoms with E-state index in [4.69, 9.17) is 16.3 Å². The predicted octanol–water partition coefficient (Wildman–Crippen LogP) is 4.28. The van der Waals surface area contributed by atoms with Gasteiger partial charge in [-0.05, 0) is 18.2 Å². The minimum Gasteiger partial charge on any atom is -0.487 e. The zero-order chi connectivity index (χ0) is 14.7. The molecule has 104 valence electrons. The molecule has 0 aliphatic carbocycles. The fourth-order valence-corrected chi connectivity index (χ4v) is 2.44. The maximum Gasteiger partial charge on any atom is 0.153 e. The molecule has 0 aliphatic rings. The zero-order valence-corrected chi connectivity index (χ0v) is 11.9. The van der Waals surface area contributed by atoms with E-state index in [1.54, 1.807) is 24.4 Å². The summed E-state index contributed by atoms with van der Waals surface area (Å²) < 4.78 is 5.75. The normalized spacial score (nSPS) is 10.5. The molecule has 1 aromatic heterocycles. The molecule has 0 saturated heterocycles. The maximum atomic E-state index is 11.1. The van der Waals surface area contributed by atoms with Gasteiger partial charge in [0.05, 0.1) is 16.1 Å². The quantitative estimate of drug-likeness (QED) is 0.675. The van der Waals surface area contributed by atoms with Crippen molar-refractivity contribution in [1.29, 1.82) is 0 Å². The van der Waals surface area contributed by atoms with Crippen LogP contribution in [0.4, 0.5) is 0 Å². The number of ether oxygens (including phenoxy) is 1. The molecule has 3 rings (SSSR count). The van der Waals surface area contributed by atoms with Crippen LogP contribution in [0.1, 0.15) is 15.9 Å². The van der Waals surface area contributed by atoms with Gasteiger partial charge in [-0.3, -0.25) is 9.78 Å². The van der Waals surface area contributed by atoms with Crippen LogP contribution in [0.5, 0.6) is 5.75 Å². The Morgan fingerprint density at radius 1 is 1.10 bits per heavy atom. The van der Waals surface area contributed by atoms with Crippen LogP contribution in [0.15, 0.2) is 54.7 Å². The lowest BCUT2D eigenvalue weighted by atomic mass is 10.1. The number of nitrogens with zero attached hydrogens (tertiary/aromatic N) is 1. The summed E-state index contributed by atoms with van der Waals surface area (Å²) in [5, 5.41) is 1.47. The van der Waals surface area contributed by atoms with E-state index < -0.39 is 0 Å². The Labute approximate surface area is 127 Å². The minimum absolute atomic E-state index is 0.304. The van der Waals surface area contributed by atoms with E-state index in [0.717, 1.165) is 22.8 Å². The van der Waals surface area contributed by atoms with E-state index in [-0.39, 0.29) is 0 Å². The van der Waals surface area contributed by atoms with Crippen molar-refractivity contribution in [2.45, 2.75) is 6.61 Å². The summed E-state index contributed by atoms with van der Waals surface area (Å²) in [5.74, 6) is 0.405. The molecular weight excluding hydrogens is 286 g/mol. The van der Waals surface area contributed by atoms with Crippen LogP contribution < -0.4 is 4.74 Å². The van der Waals surface area contributed by atoms with Crippen LogP contribution in [0.3, 0.4) is 0 Å². The average molecular weight is 298 g/mol. The number of para-hydroxylation sites is 2. The SMILES string of the molecule is O=Cc1cccc(Cl)c1OCc1cccc2cccnc12. The first kappa shape index (κ1) is 13.6. The third-order valence-electron chi connectivity index (χ3n) is 3.21. The number of halogens is 1. The fourth-order valence-electron chi connectivity index (χ4n) is 2.20. The number of fused-ring (bicyclic) bond motifs is 1. The predicted molar refractivity (Wildman–Crippen MR) is 82.9 cm³/mol. The molecule has 0 atom stereocenters. The van der Waals surface area contributed by atoms with Crippen LogP contribution >= 0.6 is 11.6 Å². The number of aldehydes is 1. The standard InChI is InChI=1S/C17H12ClNO2/c18-15-8-2-5-13(10-20)17(15)21-11-14-6-1-4-12-7-3-9-19-16(12)14/h1-10H,11H2. The average Bonchev–Trinajstić information content (AvgIpc) is 2.53. The first-order chi connectivity index (χ1) is 10.3. The first-order valence-electron chi connectivity index (χ1n) is 6.48. The van der Waals surface area contributed by atoms with Gasteiger partial charge in [0.15, 0.2) is 6.29 Å². The Morgan fingerprint density at radius 3 is 2.76 bits per heavy atom. The molecule has 2 aromatic carbocycles. The van der Waals surface area contributed by atoms with Gasteiger partial charge in [0.25, 0.3) is 0 Å². The first-order valence-corrected chi connectivity index (χ1v) is 6.86. The van der Waals surface area contributed by atoms with Gasteiger partial charge in [-0.1, -0.05) is 41.9 Å². The molecule has 0 aliphatic heterocycles. The molecular formula is C17H12ClNO2. The van der Waals surface area contributed by atoms with Crippen LogP contribution in [-0.2, 0) is 6.61 Å². The van der Waals surface area contributed by atoms with Crippen LogP contribution in [-0.4, -0.2) is 11.3 Å². The Hall–Kier alpha value is -2.39. The molecule has 1 heterocycles. The second-order valence-electron chi connectivity index (χ2n) is 4.56. The molecule has 0 unspecified atom stereocenters. The molecule has 3 nitrogen and oxygen atoms in total. The van der Waals surface area contributed by atoms with E-state index in [1.165, 1.54) is 0 Å². The van der Waals surface area contributed by atoms with Crippen molar-refractivity contribution in [1.82, 2.24) is 4.98 Å². The minimum atomic E-state index is 0.304. The molecule has 3 aromatic rings. The van der Waals surface area contributed by atoms with Crippen molar-refractivity contribution >= 4 is 28.8 Å². The highest BCUT2D eigenvalue weighted by atomic mass is 35.5. The zero-order valence-electron chi connectivity index (χ0n) is 11.1. The summed E-state index contributed by atoms with van der Waals surface area (Å²) in [6.07, 6.45) is 2.49. The van der Waals surface area contributed by atoms with Crippen LogP contribution in [0.25, 0.3) is 10.9 Å². The number of carbonyl (C=O) groups excluding carboxylic acids is 1. The summed E-state index contributed by atoms with van der Waals surface area (Å²) in [6.45, 7) is 0.304. The lowest BCUT2D eigenvalue weighted by Gasteiger charge is -2.11. The smallest absolute Gasteiger partial charge is 0.153 e. The molecule has 0 amide bonds. The Balaban J connectivity index is 1.93. The molecule has 21 heavy (non-hydrogen) atoms. The topological polar surface area (TPSA) is 39.2 Å². The lowest BCUT2D eigenvalue weighted by molar-refractivity contribution is 0.111. The van der Waals surface area contributed by atoms with E-state index in [9.17, 15) is 4.79 Å². The highest BCUT2D eigenvalue weighted by molar-refractivity contribution is 6.32. The second kappa shape index (κ2) is 5.94. The van der Waals surface area contributed by atoms with Crippen molar-refractivity contribution in [3.63, 3.8) is 0 Å². The summed E-state index contributed by atoms with van der Waals surface area (Å²) >= 11 is 6.09. The van der Waals surface area contributed by atoms with Crippen molar-refractivity contribution in [3.8, 4) is 5.75 Å². The Bertz CT molecular complexity index is 796. The van der Waals surface area contributed by atoms with Crippen LogP contribution in [0.2, 0.25) is 5.02 Å². The van der Waals surface area contributed by atoms with Crippen molar-refractivity contribution in [2.24, 2.45) is 0 Å². The molecule has 0 saturated carbocycles. The molecule has 4 heteroatoms. The fraction of sp³-hybridized carbons (Fsp3) is 0.0588. The van der Waals surface area contributed by atoms with E-state index in [0.29, 0.717) is 22.9 Å². The summed E-state index contributed by atoms with van der Waals surface area (Å²) in [6, 6.07) is 14.9. The molecule has 0 spiro atoms. The molecule has 0 radical (unpaired) electrons. The van der Waals surface area contributed by atoms with Gasteiger partial charge in [-0.2, -0.15) is 0 Å². The van der Waals surface area contributed by atoms with Gasteiger partial charge in [-0.25, -0.2) is 0 Å². The monoisotopic (exact) mass is 297 g/mol. The Kier molecular flexibility index (Phi) is 3.84. The highest BCUT2D eigenvalue weighted by Gasteiger charge is 2.09. The van der Waals surface area contributed by atoms with Crippen molar-refractivity contribution in [2.75, 3.05) is 0 Å². The number of hydrogen-bond donors (Lipinski definition) is 0. The number of rotatable bonds is 4. The summed E-state index contributed by atoms with van der Waals surface area (Å²) in [4.78, 5) is 15.4. The largest absolute Gasteiger partial charge is 0.487 e. The van der Waals surface area contributed by atoms with Gasteiger partial charge >= 0.3 is 0 Å². The summed E-state index contributed by atoms with van der Waals surface area (Å²) in [7, 11) is 0. The van der Waals surface area contributed by atoms with Gasteiger partial charge in [0.2, 0.25) is 0 Å². The van der Waals surface area contributed by atoms with Crippen molar-refractivity contribution in [3.05, 3.63) is 70.9 Å². The molecule has 0 bridgehead atoms. The molecule has 0 N–H and O–H groups in total. The van der Waals surface area contributed by atoms with Gasteiger partial charge in [0.1, 0.15) is 12.4 Å². The number of pyridine rings is 1. The van der Waals surface area contributed by atoms with Gasteiger partial charge < -0.3 is 4.74 Å². The van der Waals surface area contributed by atoms with Gasteiger partial charge in [0, 0.05) is 17.1 Å². The number of hydrogen-bond acceptors (Lipinski definition) is 3. The summed E-state index contributed by atoms with van der Waals surface area (Å²) in [5.41, 5.74) is 2.28. The molecule has 0 fully saturated rings. The number of benzene rings is 2. The third kappa shape index (κ3) is 2.73. The maximum absolute atomic E-state index is 11.1. The van der Waals surface area contributed by atoms with E-state index >= 15 is 0 Å². The number of aromatic nitrogens is 1. The number of carbonyl (C=O) groups is 1.